The summed E-state index contributed by atoms with van der Waals surface area (Å²) in [5.41, 5.74) is -4.22. The highest BCUT2D eigenvalue weighted by Crippen LogP contribution is 2.63. The van der Waals surface area contributed by atoms with Crippen molar-refractivity contribution in [2.24, 2.45) is 11.3 Å². The number of ketones is 1. The molecule has 0 radical (unpaired) electrons. The van der Waals surface area contributed by atoms with Crippen molar-refractivity contribution in [2.75, 3.05) is 14.2 Å². The van der Waals surface area contributed by atoms with Crippen molar-refractivity contribution in [3.05, 3.63) is 140 Å². The summed E-state index contributed by atoms with van der Waals surface area (Å²) in [5.74, 6) is -3.92. The summed E-state index contributed by atoms with van der Waals surface area (Å²) in [6, 6.07) is 27.3. The number of nitriles is 2. The lowest BCUT2D eigenvalue weighted by Crippen LogP contribution is -2.55. The number of nitro benzene ring substituents is 2. The number of aliphatic hydroxyl groups is 1. The fourth-order valence-corrected chi connectivity index (χ4v) is 6.68. The van der Waals surface area contributed by atoms with Crippen molar-refractivity contribution >= 4 is 17.2 Å². The van der Waals surface area contributed by atoms with Gasteiger partial charge in [0.2, 0.25) is 0 Å². The van der Waals surface area contributed by atoms with Crippen molar-refractivity contribution < 1.29 is 29.2 Å². The highest BCUT2D eigenvalue weighted by Gasteiger charge is 2.64. The molecule has 236 valence electrons. The van der Waals surface area contributed by atoms with E-state index in [1.54, 1.807) is 36.4 Å². The zero-order valence-electron chi connectivity index (χ0n) is 25.3. The van der Waals surface area contributed by atoms with Gasteiger partial charge in [-0.1, -0.05) is 36.4 Å². The van der Waals surface area contributed by atoms with Crippen LogP contribution in [-0.2, 0) is 5.60 Å². The van der Waals surface area contributed by atoms with E-state index in [-0.39, 0.29) is 40.0 Å². The van der Waals surface area contributed by atoms with E-state index in [1.165, 1.54) is 74.9 Å². The number of nitrogens with zero attached hydrogens (tertiary/aromatic N) is 4. The second-order valence-electron chi connectivity index (χ2n) is 11.3. The molecule has 1 saturated carbocycles. The zero-order valence-corrected chi connectivity index (χ0v) is 25.3. The second-order valence-corrected chi connectivity index (χ2v) is 11.3. The molecule has 0 aromatic heterocycles. The maximum atomic E-state index is 14.8. The fourth-order valence-electron chi connectivity index (χ4n) is 6.68. The third-order valence-corrected chi connectivity index (χ3v) is 8.94. The van der Waals surface area contributed by atoms with Crippen LogP contribution in [-0.4, -0.2) is 35.0 Å². The first-order valence-corrected chi connectivity index (χ1v) is 14.4. The summed E-state index contributed by atoms with van der Waals surface area (Å²) in [6.07, 6.45) is -0.375. The number of nitro groups is 2. The lowest BCUT2D eigenvalue weighted by molar-refractivity contribution is -0.385. The molecule has 1 N–H and O–H groups in total. The maximum Gasteiger partial charge on any atom is 0.269 e. The van der Waals surface area contributed by atoms with Gasteiger partial charge in [0, 0.05) is 41.7 Å². The first kappa shape index (κ1) is 32.3. The highest BCUT2D eigenvalue weighted by atomic mass is 16.6. The normalized spacial score (nSPS) is 21.4. The van der Waals surface area contributed by atoms with E-state index in [0.29, 0.717) is 11.5 Å². The molecule has 12 nitrogen and oxygen atoms in total. The van der Waals surface area contributed by atoms with E-state index in [4.69, 9.17) is 9.47 Å². The Hall–Kier alpha value is -6.11. The number of hydrogen-bond donors (Lipinski definition) is 1. The molecule has 0 spiro atoms. The van der Waals surface area contributed by atoms with E-state index < -0.39 is 44.4 Å². The lowest BCUT2D eigenvalue weighted by atomic mass is 9.48. The van der Waals surface area contributed by atoms with Crippen LogP contribution in [0.2, 0.25) is 0 Å². The molecule has 1 fully saturated rings. The SMILES string of the molecule is COc1ccc(C(=O)[C@@H]2[C@H](c3cccc([N+](=O)[O-])c3)C(C#N)(C#N)[C@H](c3cccc([N+](=O)[O-])c3)C[C@@]2(O)c2ccc(OC)cc2)cc1. The molecule has 0 unspecified atom stereocenters. The third-order valence-electron chi connectivity index (χ3n) is 8.94. The summed E-state index contributed by atoms with van der Waals surface area (Å²) >= 11 is 0. The summed E-state index contributed by atoms with van der Waals surface area (Å²) in [6.45, 7) is 0. The van der Waals surface area contributed by atoms with Crippen molar-refractivity contribution in [1.29, 1.82) is 10.5 Å². The van der Waals surface area contributed by atoms with E-state index in [0.717, 1.165) is 0 Å². The van der Waals surface area contributed by atoms with Gasteiger partial charge in [0.1, 0.15) is 17.1 Å². The van der Waals surface area contributed by atoms with Gasteiger partial charge in [-0.15, -0.1) is 0 Å². The predicted molar refractivity (Wildman–Crippen MR) is 168 cm³/mol. The molecule has 1 aliphatic carbocycles. The van der Waals surface area contributed by atoms with Crippen molar-refractivity contribution in [3.8, 4) is 23.6 Å². The van der Waals surface area contributed by atoms with E-state index in [2.05, 4.69) is 12.1 Å². The van der Waals surface area contributed by atoms with Crippen LogP contribution in [0.3, 0.4) is 0 Å². The third kappa shape index (κ3) is 5.63. The van der Waals surface area contributed by atoms with Gasteiger partial charge in [0.25, 0.3) is 11.4 Å². The minimum atomic E-state index is -2.14. The molecule has 47 heavy (non-hydrogen) atoms. The van der Waals surface area contributed by atoms with Crippen molar-refractivity contribution in [1.82, 2.24) is 0 Å². The molecule has 0 amide bonds. The van der Waals surface area contributed by atoms with Crippen LogP contribution in [0.4, 0.5) is 11.4 Å². The first-order valence-electron chi connectivity index (χ1n) is 14.4. The Labute approximate surface area is 269 Å². The quantitative estimate of drug-likeness (QED) is 0.126. The van der Waals surface area contributed by atoms with Gasteiger partial charge in [0.15, 0.2) is 11.2 Å². The van der Waals surface area contributed by atoms with Gasteiger partial charge < -0.3 is 14.6 Å². The average molecular weight is 633 g/mol. The number of rotatable bonds is 9. The number of carbonyl (C=O) groups is 1. The number of benzene rings is 4. The molecule has 0 saturated heterocycles. The van der Waals surface area contributed by atoms with Gasteiger partial charge in [-0.3, -0.25) is 25.0 Å². The molecule has 5 rings (SSSR count). The topological polar surface area (TPSA) is 190 Å². The minimum absolute atomic E-state index is 0.0937. The van der Waals surface area contributed by atoms with Crippen molar-refractivity contribution in [2.45, 2.75) is 23.9 Å². The van der Waals surface area contributed by atoms with Crippen LogP contribution in [0.25, 0.3) is 0 Å². The monoisotopic (exact) mass is 632 g/mol. The molecular formula is C35H28N4O8. The minimum Gasteiger partial charge on any atom is -0.497 e. The Morgan fingerprint density at radius 3 is 1.79 bits per heavy atom. The number of hydrogen-bond acceptors (Lipinski definition) is 10. The lowest BCUT2D eigenvalue weighted by Gasteiger charge is -2.53. The van der Waals surface area contributed by atoms with Gasteiger partial charge >= 0.3 is 0 Å². The Bertz CT molecular complexity index is 1920. The number of methoxy groups -OCH3 is 2. The number of ether oxygens (including phenoxy) is 2. The molecule has 12 heteroatoms. The Balaban J connectivity index is 1.88. The first-order chi connectivity index (χ1) is 22.5. The van der Waals surface area contributed by atoms with E-state index in [1.807, 2.05) is 0 Å². The Morgan fingerprint density at radius 1 is 0.809 bits per heavy atom. The van der Waals surface area contributed by atoms with Crippen LogP contribution in [0.15, 0.2) is 97.1 Å². The maximum absolute atomic E-state index is 14.8. The molecule has 4 atom stereocenters. The molecular weight excluding hydrogens is 604 g/mol. The van der Waals surface area contributed by atoms with Gasteiger partial charge in [0.05, 0.1) is 42.1 Å². The van der Waals surface area contributed by atoms with Crippen molar-refractivity contribution in [3.63, 3.8) is 0 Å². The van der Waals surface area contributed by atoms with Gasteiger partial charge in [-0.2, -0.15) is 10.5 Å². The molecule has 1 aliphatic rings. The smallest absolute Gasteiger partial charge is 0.269 e. The van der Waals surface area contributed by atoms with Crippen LogP contribution >= 0.6 is 0 Å². The molecule has 0 heterocycles. The standard InChI is InChI=1S/C35H28N4O8/c1-46-28-13-9-22(10-14-28)33(40)32-31(24-6-4-8-27(18-24)39(44)45)34(20-36,21-37)30(23-5-3-7-26(17-23)38(42)43)19-35(32,41)25-11-15-29(47-2)16-12-25/h3-18,30-32,41H,19H2,1-2H3/t30-,31-,32-,35+/m0/s1. The van der Waals surface area contributed by atoms with Gasteiger partial charge in [-0.25, -0.2) is 0 Å². The van der Waals surface area contributed by atoms with E-state index >= 15 is 0 Å². The zero-order chi connectivity index (χ0) is 33.9. The largest absolute Gasteiger partial charge is 0.497 e. The van der Waals surface area contributed by atoms with E-state index in [9.17, 15) is 40.7 Å². The molecule has 0 aliphatic heterocycles. The molecule has 0 bridgehead atoms. The number of non-ortho nitro benzene ring substituents is 2. The molecule has 4 aromatic rings. The predicted octanol–water partition coefficient (Wildman–Crippen LogP) is 6.21. The summed E-state index contributed by atoms with van der Waals surface area (Å²) in [7, 11) is 2.92. The molecule has 4 aromatic carbocycles. The second kappa shape index (κ2) is 12.7. The van der Waals surface area contributed by atoms with Crippen LogP contribution in [0.5, 0.6) is 11.5 Å². The Morgan fingerprint density at radius 2 is 1.30 bits per heavy atom. The Kier molecular flexibility index (Phi) is 8.73. The van der Waals surface area contributed by atoms with Crippen LogP contribution < -0.4 is 9.47 Å². The summed E-state index contributed by atoms with van der Waals surface area (Å²) in [5, 5.41) is 58.5. The fraction of sp³-hybridized carbons (Fsp3) is 0.229. The van der Waals surface area contributed by atoms with Crippen LogP contribution in [0, 0.1) is 54.2 Å². The number of carbonyl (C=O) groups excluding carboxylic acids is 1. The summed E-state index contributed by atoms with van der Waals surface area (Å²) in [4.78, 5) is 37.2. The highest BCUT2D eigenvalue weighted by molar-refractivity contribution is 6.00. The number of Topliss-reactive ketones (excluding diaryl/α,β-unsaturated/α-hetero) is 1. The average Bonchev–Trinajstić information content (AvgIpc) is 3.11. The summed E-state index contributed by atoms with van der Waals surface area (Å²) < 4.78 is 10.5. The van der Waals surface area contributed by atoms with Gasteiger partial charge in [-0.05, 0) is 59.5 Å². The van der Waals surface area contributed by atoms with Crippen LogP contribution in [0.1, 0.15) is 45.3 Å².